The summed E-state index contributed by atoms with van der Waals surface area (Å²) in [6.45, 7) is 0. The van der Waals surface area contributed by atoms with E-state index in [0.29, 0.717) is 16.5 Å². The van der Waals surface area contributed by atoms with Crippen LogP contribution in [-0.4, -0.2) is 16.2 Å². The summed E-state index contributed by atoms with van der Waals surface area (Å²) in [7, 11) is 0. The molecule has 0 radical (unpaired) electrons. The molecule has 19 heavy (non-hydrogen) atoms. The lowest BCUT2D eigenvalue weighted by Gasteiger charge is -2.09. The molecule has 98 valence electrons. The predicted molar refractivity (Wildman–Crippen MR) is 71.0 cm³/mol. The van der Waals surface area contributed by atoms with Gasteiger partial charge in [-0.25, -0.2) is 4.79 Å². The minimum absolute atomic E-state index is 0.198. The molecule has 6 heteroatoms. The second-order valence-electron chi connectivity index (χ2n) is 3.77. The molecular weight excluding hydrogens is 270 g/mol. The number of benzene rings is 2. The molecule has 0 aliphatic heterocycles. The van der Waals surface area contributed by atoms with E-state index < -0.39 is 5.97 Å². The molecule has 0 spiro atoms. The van der Waals surface area contributed by atoms with Crippen molar-refractivity contribution >= 4 is 23.3 Å². The van der Waals surface area contributed by atoms with Crippen molar-refractivity contribution in [2.24, 2.45) is 0 Å². The van der Waals surface area contributed by atoms with Crippen LogP contribution in [0.2, 0.25) is 5.02 Å². The van der Waals surface area contributed by atoms with Gasteiger partial charge >= 0.3 is 5.97 Å². The van der Waals surface area contributed by atoms with Crippen LogP contribution in [0, 0.1) is 0 Å². The van der Waals surface area contributed by atoms with Crippen LogP contribution in [0.1, 0.15) is 10.4 Å². The Morgan fingerprint density at radius 3 is 2.53 bits per heavy atom. The molecule has 0 aliphatic rings. The minimum Gasteiger partial charge on any atom is -0.507 e. The number of phenols is 1. The molecule has 0 saturated carbocycles. The molecule has 0 heterocycles. The average Bonchev–Trinajstić information content (AvgIpc) is 2.32. The van der Waals surface area contributed by atoms with E-state index >= 15 is 0 Å². The lowest BCUT2D eigenvalue weighted by molar-refractivity contribution is 0.0693. The van der Waals surface area contributed by atoms with Crippen LogP contribution in [0.4, 0.5) is 5.69 Å². The molecule has 2 aromatic carbocycles. The van der Waals surface area contributed by atoms with Crippen molar-refractivity contribution in [3.05, 3.63) is 47.0 Å². The first-order chi connectivity index (χ1) is 8.97. The number of carbonyl (C=O) groups is 1. The summed E-state index contributed by atoms with van der Waals surface area (Å²) < 4.78 is 5.44. The summed E-state index contributed by atoms with van der Waals surface area (Å²) >= 11 is 5.76. The average molecular weight is 280 g/mol. The quantitative estimate of drug-likeness (QED) is 0.751. The van der Waals surface area contributed by atoms with Crippen molar-refractivity contribution in [1.82, 2.24) is 0 Å². The first kappa shape index (κ1) is 13.0. The second-order valence-corrected chi connectivity index (χ2v) is 4.20. The summed E-state index contributed by atoms with van der Waals surface area (Å²) in [5.74, 6) is -0.948. The number of rotatable bonds is 3. The molecule has 4 N–H and O–H groups in total. The van der Waals surface area contributed by atoms with Crippen molar-refractivity contribution in [2.45, 2.75) is 0 Å². The van der Waals surface area contributed by atoms with Crippen molar-refractivity contribution in [3.63, 3.8) is 0 Å². The molecule has 2 aromatic rings. The summed E-state index contributed by atoms with van der Waals surface area (Å²) in [4.78, 5) is 10.7. The van der Waals surface area contributed by atoms with Crippen LogP contribution in [0.25, 0.3) is 0 Å². The van der Waals surface area contributed by atoms with Gasteiger partial charge < -0.3 is 20.7 Å². The molecule has 5 nitrogen and oxygen atoms in total. The van der Waals surface area contributed by atoms with Gasteiger partial charge in [0.1, 0.15) is 22.8 Å². The Morgan fingerprint density at radius 2 is 1.95 bits per heavy atom. The Bertz CT molecular complexity index is 643. The summed E-state index contributed by atoms with van der Waals surface area (Å²) in [6, 6.07) is 8.61. The Morgan fingerprint density at radius 1 is 1.21 bits per heavy atom. The Labute approximate surface area is 113 Å². The molecule has 0 saturated heterocycles. The number of halogens is 1. The van der Waals surface area contributed by atoms with Crippen molar-refractivity contribution < 1.29 is 19.7 Å². The van der Waals surface area contributed by atoms with E-state index in [4.69, 9.17) is 27.2 Å². The Kier molecular flexibility index (Phi) is 3.48. The zero-order valence-electron chi connectivity index (χ0n) is 9.63. The number of hydrogen-bond acceptors (Lipinski definition) is 4. The zero-order valence-corrected chi connectivity index (χ0v) is 10.4. The van der Waals surface area contributed by atoms with Gasteiger partial charge in [0, 0.05) is 11.1 Å². The van der Waals surface area contributed by atoms with Gasteiger partial charge in [-0.1, -0.05) is 11.6 Å². The number of nitrogens with two attached hydrogens (primary N) is 1. The number of hydrogen-bond donors (Lipinski definition) is 3. The molecule has 0 aromatic heterocycles. The standard InChI is InChI=1S/C13H10ClNO4/c14-7-1-4-12(10(15)5-7)19-8-2-3-9(13(17)18)11(16)6-8/h1-6,16H,15H2,(H,17,18). The first-order valence-corrected chi connectivity index (χ1v) is 5.64. The van der Waals surface area contributed by atoms with Gasteiger partial charge in [0.05, 0.1) is 5.69 Å². The third kappa shape index (κ3) is 2.89. The van der Waals surface area contributed by atoms with E-state index in [1.54, 1.807) is 12.1 Å². The van der Waals surface area contributed by atoms with Gasteiger partial charge in [-0.15, -0.1) is 0 Å². The number of carboxylic acids is 1. The lowest BCUT2D eigenvalue weighted by Crippen LogP contribution is -1.97. The second kappa shape index (κ2) is 5.07. The van der Waals surface area contributed by atoms with E-state index in [1.807, 2.05) is 0 Å². The number of aromatic carboxylic acids is 1. The topological polar surface area (TPSA) is 92.8 Å². The summed E-state index contributed by atoms with van der Waals surface area (Å²) in [5, 5.41) is 18.8. The van der Waals surface area contributed by atoms with Gasteiger partial charge in [0.2, 0.25) is 0 Å². The number of nitrogen functional groups attached to an aromatic ring is 1. The van der Waals surface area contributed by atoms with Crippen molar-refractivity contribution in [1.29, 1.82) is 0 Å². The van der Waals surface area contributed by atoms with E-state index in [-0.39, 0.29) is 17.1 Å². The SMILES string of the molecule is Nc1cc(Cl)ccc1Oc1ccc(C(=O)O)c(O)c1. The number of ether oxygens (including phenoxy) is 1. The third-order valence-corrected chi connectivity index (χ3v) is 2.63. The molecule has 2 rings (SSSR count). The minimum atomic E-state index is -1.21. The number of anilines is 1. The number of aromatic hydroxyl groups is 1. The maximum Gasteiger partial charge on any atom is 0.339 e. The zero-order chi connectivity index (χ0) is 14.0. The summed E-state index contributed by atoms with van der Waals surface area (Å²) in [5.41, 5.74) is 5.86. The van der Waals surface area contributed by atoms with E-state index in [2.05, 4.69) is 0 Å². The van der Waals surface area contributed by atoms with Gasteiger partial charge in [0.25, 0.3) is 0 Å². The van der Waals surface area contributed by atoms with Gasteiger partial charge in [-0.3, -0.25) is 0 Å². The fraction of sp³-hybridized carbons (Fsp3) is 0. The van der Waals surface area contributed by atoms with Gasteiger partial charge in [0.15, 0.2) is 0 Å². The van der Waals surface area contributed by atoms with E-state index in [0.717, 1.165) is 0 Å². The largest absolute Gasteiger partial charge is 0.507 e. The van der Waals surface area contributed by atoms with Crippen LogP contribution >= 0.6 is 11.6 Å². The van der Waals surface area contributed by atoms with Crippen LogP contribution in [0.3, 0.4) is 0 Å². The number of carboxylic acid groups (broad SMARTS) is 1. The highest BCUT2D eigenvalue weighted by Gasteiger charge is 2.11. The molecule has 0 fully saturated rings. The maximum absolute atomic E-state index is 10.7. The van der Waals surface area contributed by atoms with Crippen molar-refractivity contribution in [2.75, 3.05) is 5.73 Å². The van der Waals surface area contributed by atoms with Crippen LogP contribution in [0.15, 0.2) is 36.4 Å². The molecule has 0 atom stereocenters. The molecule has 0 amide bonds. The van der Waals surface area contributed by atoms with Gasteiger partial charge in [-0.05, 0) is 30.3 Å². The molecule has 0 aliphatic carbocycles. The lowest BCUT2D eigenvalue weighted by atomic mass is 10.2. The first-order valence-electron chi connectivity index (χ1n) is 5.26. The summed E-state index contributed by atoms with van der Waals surface area (Å²) in [6.07, 6.45) is 0. The molecule has 0 bridgehead atoms. The highest BCUT2D eigenvalue weighted by atomic mass is 35.5. The van der Waals surface area contributed by atoms with Crippen LogP contribution in [-0.2, 0) is 0 Å². The van der Waals surface area contributed by atoms with Crippen LogP contribution in [0.5, 0.6) is 17.2 Å². The van der Waals surface area contributed by atoms with Gasteiger partial charge in [-0.2, -0.15) is 0 Å². The smallest absolute Gasteiger partial charge is 0.339 e. The van der Waals surface area contributed by atoms with Crippen LogP contribution < -0.4 is 10.5 Å². The molecular formula is C13H10ClNO4. The highest BCUT2D eigenvalue weighted by Crippen LogP contribution is 2.32. The van der Waals surface area contributed by atoms with Crippen molar-refractivity contribution in [3.8, 4) is 17.2 Å². The third-order valence-electron chi connectivity index (χ3n) is 2.40. The predicted octanol–water partition coefficient (Wildman–Crippen LogP) is 3.12. The molecule has 0 unspecified atom stereocenters. The maximum atomic E-state index is 10.7. The van der Waals surface area contributed by atoms with E-state index in [1.165, 1.54) is 24.3 Å². The highest BCUT2D eigenvalue weighted by molar-refractivity contribution is 6.30. The fourth-order valence-electron chi connectivity index (χ4n) is 1.50. The Hall–Kier alpha value is -2.40. The monoisotopic (exact) mass is 279 g/mol. The fourth-order valence-corrected chi connectivity index (χ4v) is 1.68. The normalized spacial score (nSPS) is 10.2. The van der Waals surface area contributed by atoms with E-state index in [9.17, 15) is 9.90 Å². The Balaban J connectivity index is 2.29.